The number of nitrogens with zero attached hydrogens (tertiary/aromatic N) is 1. The predicted molar refractivity (Wildman–Crippen MR) is 252 cm³/mol. The van der Waals surface area contributed by atoms with Crippen molar-refractivity contribution in [2.24, 2.45) is 11.8 Å². The van der Waals surface area contributed by atoms with Crippen molar-refractivity contribution in [3.8, 4) is 23.0 Å². The third-order valence-corrected chi connectivity index (χ3v) is 11.8. The monoisotopic (exact) mass is 913 g/mol. The van der Waals surface area contributed by atoms with E-state index in [1.165, 1.54) is 0 Å². The van der Waals surface area contributed by atoms with Gasteiger partial charge in [0.25, 0.3) is 5.91 Å². The second-order valence-electron chi connectivity index (χ2n) is 17.5. The Labute approximate surface area is 390 Å². The van der Waals surface area contributed by atoms with Crippen molar-refractivity contribution in [3.63, 3.8) is 0 Å². The first-order valence-corrected chi connectivity index (χ1v) is 22.8. The van der Waals surface area contributed by atoms with E-state index in [9.17, 15) is 29.1 Å². The normalized spacial score (nSPS) is 15.1. The van der Waals surface area contributed by atoms with Gasteiger partial charge < -0.3 is 50.2 Å². The summed E-state index contributed by atoms with van der Waals surface area (Å²) in [5, 5.41) is 22.8. The lowest BCUT2D eigenvalue weighted by molar-refractivity contribution is -0.139. The number of aliphatic carboxylic acids is 1. The van der Waals surface area contributed by atoms with Crippen molar-refractivity contribution in [2.45, 2.75) is 64.1 Å². The summed E-state index contributed by atoms with van der Waals surface area (Å²) in [4.78, 5) is 69.9. The van der Waals surface area contributed by atoms with Gasteiger partial charge in [-0.3, -0.25) is 24.0 Å². The fourth-order valence-corrected chi connectivity index (χ4v) is 8.54. The molecule has 15 nitrogen and oxygen atoms in total. The predicted octanol–water partition coefficient (Wildman–Crippen LogP) is 5.32. The van der Waals surface area contributed by atoms with Crippen molar-refractivity contribution in [1.29, 1.82) is 0 Å². The smallest absolute Gasteiger partial charge is 0.305 e. The molecule has 5 aromatic rings. The van der Waals surface area contributed by atoms with Gasteiger partial charge in [0.1, 0.15) is 24.1 Å². The largest absolute Gasteiger partial charge is 0.493 e. The Morgan fingerprint density at radius 2 is 1.57 bits per heavy atom. The van der Waals surface area contributed by atoms with Crippen molar-refractivity contribution in [3.05, 3.63) is 131 Å². The highest BCUT2D eigenvalue weighted by Crippen LogP contribution is 2.33. The number of carbonyl (C=O) groups is 5. The molecular weight excluding hydrogens is 855 g/mol. The molecule has 0 fully saturated rings. The Morgan fingerprint density at radius 1 is 0.806 bits per heavy atom. The standard InChI is InChI=1S/C52H59N5O10/c1-33(2)23-42(53-3)52(63)57(28-36-24-38-14-8-10-16-43(38)64-30-36)29-47(58)55-39(25-34-11-5-4-6-12-34)31-65-45-20-18-37-13-7-9-15-40(37)49(45)51(62)56-41(27-48(59)60)50(61)54-22-21-35-17-19-44-46(26-35)67-32-66-44/h4-20,26,33,36,39,41-42,53H,21-25,27-32H2,1-3H3,(H,54,61)(H,55,58)(H,56,62)(H,59,60)/t36-,39+,41-,42-/m0/s1. The zero-order valence-corrected chi connectivity index (χ0v) is 38.1. The summed E-state index contributed by atoms with van der Waals surface area (Å²) < 4.78 is 23.4. The molecule has 2 aliphatic rings. The average molecular weight is 914 g/mol. The molecule has 4 atom stereocenters. The number of hydrogen-bond acceptors (Lipinski definition) is 10. The second kappa shape index (κ2) is 22.9. The maximum absolute atomic E-state index is 14.3. The summed E-state index contributed by atoms with van der Waals surface area (Å²) >= 11 is 0. The van der Waals surface area contributed by atoms with Gasteiger partial charge in [0.2, 0.25) is 24.5 Å². The summed E-state index contributed by atoms with van der Waals surface area (Å²) in [5.74, 6) is -0.777. The first kappa shape index (κ1) is 47.8. The molecule has 0 spiro atoms. The van der Waals surface area contributed by atoms with Crippen LogP contribution in [0.25, 0.3) is 10.8 Å². The number of hydrogen-bond donors (Lipinski definition) is 5. The quantitative estimate of drug-likeness (QED) is 0.0604. The topological polar surface area (TPSA) is 194 Å². The van der Waals surface area contributed by atoms with E-state index in [4.69, 9.17) is 18.9 Å². The number of carbonyl (C=O) groups excluding carboxylic acids is 4. The molecular formula is C52H59N5O10. The fourth-order valence-electron chi connectivity index (χ4n) is 8.54. The van der Waals surface area contributed by atoms with Crippen LogP contribution in [0.1, 0.15) is 53.7 Å². The zero-order chi connectivity index (χ0) is 47.3. The van der Waals surface area contributed by atoms with Crippen LogP contribution in [-0.4, -0.2) is 104 Å². The summed E-state index contributed by atoms with van der Waals surface area (Å²) in [6.07, 6.45) is 1.41. The Kier molecular flexibility index (Phi) is 16.3. The van der Waals surface area contributed by atoms with Crippen LogP contribution >= 0.6 is 0 Å². The maximum Gasteiger partial charge on any atom is 0.305 e. The minimum atomic E-state index is -1.41. The second-order valence-corrected chi connectivity index (χ2v) is 17.5. The Hall–Kier alpha value is -7.13. The zero-order valence-electron chi connectivity index (χ0n) is 38.1. The van der Waals surface area contributed by atoms with Gasteiger partial charge in [0.15, 0.2) is 11.5 Å². The first-order chi connectivity index (χ1) is 32.4. The SMILES string of the molecule is CN[C@@H](CC(C)C)C(=O)N(CC(=O)N[C@@H](COc1ccc2ccccc2c1C(=O)N[C@@H](CC(=O)O)C(=O)NCCc1ccc2c(c1)OCO2)Cc1ccccc1)C[C@H]1COc2ccccc2C1. The highest BCUT2D eigenvalue weighted by Gasteiger charge is 2.31. The molecule has 5 aromatic carbocycles. The van der Waals surface area contributed by atoms with E-state index in [0.29, 0.717) is 61.1 Å². The Balaban J connectivity index is 1.08. The molecule has 0 unspecified atom stereocenters. The number of para-hydroxylation sites is 1. The van der Waals surface area contributed by atoms with Gasteiger partial charge in [-0.2, -0.15) is 0 Å². The van der Waals surface area contributed by atoms with Crippen LogP contribution in [0.3, 0.4) is 0 Å². The molecule has 5 N–H and O–H groups in total. The molecule has 0 bridgehead atoms. The first-order valence-electron chi connectivity index (χ1n) is 22.8. The van der Waals surface area contributed by atoms with E-state index in [0.717, 1.165) is 22.4 Å². The average Bonchev–Trinajstić information content (AvgIpc) is 3.80. The van der Waals surface area contributed by atoms with Gasteiger partial charge in [0.05, 0.1) is 37.2 Å². The van der Waals surface area contributed by atoms with E-state index in [1.54, 1.807) is 42.3 Å². The fraction of sp³-hybridized carbons (Fsp3) is 0.365. The van der Waals surface area contributed by atoms with Crippen LogP contribution in [0, 0.1) is 11.8 Å². The summed E-state index contributed by atoms with van der Waals surface area (Å²) in [6, 6.07) is 31.0. The van der Waals surface area contributed by atoms with E-state index < -0.39 is 42.3 Å². The van der Waals surface area contributed by atoms with Crippen LogP contribution in [0.2, 0.25) is 0 Å². The maximum atomic E-state index is 14.3. The minimum absolute atomic E-state index is 0.0356. The van der Waals surface area contributed by atoms with E-state index in [-0.39, 0.29) is 61.5 Å². The van der Waals surface area contributed by atoms with E-state index in [2.05, 4.69) is 35.1 Å². The van der Waals surface area contributed by atoms with Crippen LogP contribution in [0.4, 0.5) is 0 Å². The van der Waals surface area contributed by atoms with Gasteiger partial charge in [-0.05, 0) is 90.4 Å². The van der Waals surface area contributed by atoms with Crippen molar-refractivity contribution >= 4 is 40.4 Å². The lowest BCUT2D eigenvalue weighted by Gasteiger charge is -2.33. The molecule has 0 aliphatic carbocycles. The molecule has 352 valence electrons. The van der Waals surface area contributed by atoms with Crippen molar-refractivity contribution < 1.29 is 48.0 Å². The number of benzene rings is 5. The van der Waals surface area contributed by atoms with Gasteiger partial charge in [-0.25, -0.2) is 0 Å². The molecule has 0 saturated carbocycles. The van der Waals surface area contributed by atoms with Gasteiger partial charge >= 0.3 is 5.97 Å². The van der Waals surface area contributed by atoms with Gasteiger partial charge in [-0.1, -0.05) is 98.8 Å². The van der Waals surface area contributed by atoms with Crippen molar-refractivity contribution in [1.82, 2.24) is 26.2 Å². The van der Waals surface area contributed by atoms with E-state index >= 15 is 0 Å². The molecule has 67 heavy (non-hydrogen) atoms. The number of ether oxygens (including phenoxy) is 4. The minimum Gasteiger partial charge on any atom is -0.493 e. The van der Waals surface area contributed by atoms with Crippen LogP contribution < -0.4 is 40.2 Å². The van der Waals surface area contributed by atoms with Crippen LogP contribution in [-0.2, 0) is 38.4 Å². The molecule has 2 heterocycles. The molecule has 15 heteroatoms. The Bertz CT molecular complexity index is 2530. The summed E-state index contributed by atoms with van der Waals surface area (Å²) in [7, 11) is 1.75. The molecule has 0 aromatic heterocycles. The molecule has 4 amide bonds. The number of carboxylic acids is 1. The molecule has 0 radical (unpaired) electrons. The van der Waals surface area contributed by atoms with Crippen molar-refractivity contribution in [2.75, 3.05) is 46.7 Å². The highest BCUT2D eigenvalue weighted by atomic mass is 16.7. The lowest BCUT2D eigenvalue weighted by Crippen LogP contribution is -2.53. The summed E-state index contributed by atoms with van der Waals surface area (Å²) in [6.45, 7) is 4.85. The molecule has 0 saturated heterocycles. The van der Waals surface area contributed by atoms with E-state index in [1.807, 2.05) is 78.9 Å². The number of amides is 4. The summed E-state index contributed by atoms with van der Waals surface area (Å²) in [5.41, 5.74) is 2.95. The van der Waals surface area contributed by atoms with Gasteiger partial charge in [-0.15, -0.1) is 0 Å². The molecule has 7 rings (SSSR count). The number of carboxylic acid groups (broad SMARTS) is 1. The number of fused-ring (bicyclic) bond motifs is 3. The molecule has 2 aliphatic heterocycles. The number of likely N-dealkylation sites (N-methyl/N-ethyl adjacent to an activating group) is 1. The van der Waals surface area contributed by atoms with Crippen LogP contribution in [0.5, 0.6) is 23.0 Å². The van der Waals surface area contributed by atoms with Crippen LogP contribution in [0.15, 0.2) is 109 Å². The number of nitrogens with one attached hydrogen (secondary N) is 4. The highest BCUT2D eigenvalue weighted by molar-refractivity contribution is 6.10. The third-order valence-electron chi connectivity index (χ3n) is 11.8. The Morgan fingerprint density at radius 3 is 2.36 bits per heavy atom. The third kappa shape index (κ3) is 13.0. The lowest BCUT2D eigenvalue weighted by atomic mass is 9.95. The number of rotatable bonds is 22. The van der Waals surface area contributed by atoms with Gasteiger partial charge in [0, 0.05) is 19.0 Å².